The van der Waals surface area contributed by atoms with Crippen molar-refractivity contribution >= 4 is 22.7 Å². The standard InChI is InChI=1S/C35H40O5/c1-2-38-33(36)11-7-4-8-14-39-32-20-28-12-13-30(40-34(37)27-9-5-3-6-10-27)18-29(28)19-31(32)35-21-24-15-25(22-35)17-26(16-24)23-35/h3,5-6,9-10,12-13,18-20,24-26H,2,4,7-8,11,14-17,21-23H2,1H3. The van der Waals surface area contributed by atoms with Crippen LogP contribution in [-0.2, 0) is 14.9 Å². The van der Waals surface area contributed by atoms with Crippen LogP contribution in [-0.4, -0.2) is 25.2 Å². The molecule has 3 aromatic carbocycles. The van der Waals surface area contributed by atoms with E-state index < -0.39 is 0 Å². The fourth-order valence-corrected chi connectivity index (χ4v) is 8.00. The average molecular weight is 541 g/mol. The summed E-state index contributed by atoms with van der Waals surface area (Å²) in [5.74, 6) is 3.60. The minimum absolute atomic E-state index is 0.115. The van der Waals surface area contributed by atoms with Gasteiger partial charge in [-0.25, -0.2) is 4.79 Å². The van der Waals surface area contributed by atoms with E-state index in [1.807, 2.05) is 43.3 Å². The number of unbranched alkanes of at least 4 members (excludes halogenated alkanes) is 2. The number of fused-ring (bicyclic) bond motifs is 1. The maximum absolute atomic E-state index is 12.7. The second kappa shape index (κ2) is 11.6. The normalized spacial score (nSPS) is 24.7. The predicted octanol–water partition coefficient (Wildman–Crippen LogP) is 8.03. The fourth-order valence-electron chi connectivity index (χ4n) is 8.00. The van der Waals surface area contributed by atoms with Crippen molar-refractivity contribution in [2.24, 2.45) is 17.8 Å². The third-order valence-electron chi connectivity index (χ3n) is 9.33. The van der Waals surface area contributed by atoms with E-state index >= 15 is 0 Å². The van der Waals surface area contributed by atoms with Gasteiger partial charge in [0.2, 0.25) is 0 Å². The molecule has 40 heavy (non-hydrogen) atoms. The topological polar surface area (TPSA) is 61.8 Å². The lowest BCUT2D eigenvalue weighted by atomic mass is 9.48. The zero-order chi connectivity index (χ0) is 27.5. The molecular weight excluding hydrogens is 500 g/mol. The lowest BCUT2D eigenvalue weighted by Gasteiger charge is -2.57. The molecule has 7 rings (SSSR count). The van der Waals surface area contributed by atoms with E-state index in [1.165, 1.54) is 44.1 Å². The highest BCUT2D eigenvalue weighted by atomic mass is 16.5. The number of carbonyl (C=O) groups is 2. The number of hydrogen-bond acceptors (Lipinski definition) is 5. The first-order chi connectivity index (χ1) is 19.5. The van der Waals surface area contributed by atoms with Gasteiger partial charge in [0.25, 0.3) is 0 Å². The maximum Gasteiger partial charge on any atom is 0.343 e. The molecule has 0 heterocycles. The maximum atomic E-state index is 12.7. The molecule has 4 bridgehead atoms. The Morgan fingerprint density at radius 2 is 1.55 bits per heavy atom. The Balaban J connectivity index is 1.23. The number of carbonyl (C=O) groups excluding carboxylic acids is 2. The smallest absolute Gasteiger partial charge is 0.343 e. The largest absolute Gasteiger partial charge is 0.493 e. The van der Waals surface area contributed by atoms with Crippen LogP contribution in [0.15, 0.2) is 60.7 Å². The van der Waals surface area contributed by atoms with Crippen LogP contribution < -0.4 is 9.47 Å². The predicted molar refractivity (Wildman–Crippen MR) is 156 cm³/mol. The van der Waals surface area contributed by atoms with Crippen LogP contribution >= 0.6 is 0 Å². The van der Waals surface area contributed by atoms with Gasteiger partial charge in [-0.3, -0.25) is 4.79 Å². The van der Waals surface area contributed by atoms with Gasteiger partial charge in [0, 0.05) is 12.0 Å². The number of rotatable bonds is 11. The number of esters is 2. The van der Waals surface area contributed by atoms with E-state index in [1.54, 1.807) is 12.1 Å². The van der Waals surface area contributed by atoms with Crippen molar-refractivity contribution < 1.29 is 23.8 Å². The van der Waals surface area contributed by atoms with Crippen LogP contribution in [0.2, 0.25) is 0 Å². The summed E-state index contributed by atoms with van der Waals surface area (Å²) >= 11 is 0. The molecule has 4 aliphatic rings. The van der Waals surface area contributed by atoms with Gasteiger partial charge in [-0.2, -0.15) is 0 Å². The zero-order valence-electron chi connectivity index (χ0n) is 23.5. The first-order valence-corrected chi connectivity index (χ1v) is 15.2. The van der Waals surface area contributed by atoms with Crippen LogP contribution in [0, 0.1) is 17.8 Å². The van der Waals surface area contributed by atoms with E-state index in [2.05, 4.69) is 12.1 Å². The summed E-state index contributed by atoms with van der Waals surface area (Å²) < 4.78 is 17.3. The van der Waals surface area contributed by atoms with Crippen LogP contribution in [0.5, 0.6) is 11.5 Å². The van der Waals surface area contributed by atoms with Crippen molar-refractivity contribution in [3.8, 4) is 11.5 Å². The molecule has 210 valence electrons. The summed E-state index contributed by atoms with van der Waals surface area (Å²) in [5, 5.41) is 2.18. The molecule has 0 aliphatic heterocycles. The highest BCUT2D eigenvalue weighted by molar-refractivity contribution is 5.92. The summed E-state index contributed by atoms with van der Waals surface area (Å²) in [6.07, 6.45) is 11.1. The highest BCUT2D eigenvalue weighted by Gasteiger charge is 2.52. The van der Waals surface area contributed by atoms with Gasteiger partial charge in [0.1, 0.15) is 11.5 Å². The van der Waals surface area contributed by atoms with Crippen LogP contribution in [0.1, 0.15) is 87.1 Å². The second-order valence-corrected chi connectivity index (χ2v) is 12.3. The molecule has 0 N–H and O–H groups in total. The molecule has 0 spiro atoms. The molecule has 5 nitrogen and oxygen atoms in total. The lowest BCUT2D eigenvalue weighted by Crippen LogP contribution is -2.48. The minimum atomic E-state index is -0.343. The molecule has 0 saturated heterocycles. The van der Waals surface area contributed by atoms with Gasteiger partial charge >= 0.3 is 11.9 Å². The van der Waals surface area contributed by atoms with E-state index in [4.69, 9.17) is 14.2 Å². The molecule has 0 aromatic heterocycles. The molecule has 0 atom stereocenters. The van der Waals surface area contributed by atoms with Gasteiger partial charge in [-0.1, -0.05) is 24.3 Å². The third-order valence-corrected chi connectivity index (χ3v) is 9.33. The Kier molecular flexibility index (Phi) is 7.82. The minimum Gasteiger partial charge on any atom is -0.493 e. The Hall–Kier alpha value is -3.34. The third kappa shape index (κ3) is 5.75. The molecule has 4 fully saturated rings. The SMILES string of the molecule is CCOC(=O)CCCCCOc1cc2ccc(OC(=O)c3ccccc3)cc2cc1C12CC3CC(CC(C3)C1)C2. The zero-order valence-corrected chi connectivity index (χ0v) is 23.5. The number of hydrogen-bond donors (Lipinski definition) is 0. The van der Waals surface area contributed by atoms with Crippen LogP contribution in [0.4, 0.5) is 0 Å². The molecule has 0 radical (unpaired) electrons. The highest BCUT2D eigenvalue weighted by Crippen LogP contribution is 2.62. The second-order valence-electron chi connectivity index (χ2n) is 12.3. The lowest BCUT2D eigenvalue weighted by molar-refractivity contribution is -0.143. The van der Waals surface area contributed by atoms with Crippen molar-refractivity contribution in [2.75, 3.05) is 13.2 Å². The average Bonchev–Trinajstić information content (AvgIpc) is 2.94. The monoisotopic (exact) mass is 540 g/mol. The molecule has 4 saturated carbocycles. The van der Waals surface area contributed by atoms with Gasteiger partial charge in [0.15, 0.2) is 0 Å². The summed E-state index contributed by atoms with van der Waals surface area (Å²) in [6, 6.07) is 19.5. The molecule has 0 unspecified atom stereocenters. The van der Waals surface area contributed by atoms with Gasteiger partial charge in [-0.05, 0) is 135 Å². The van der Waals surface area contributed by atoms with Gasteiger partial charge in [-0.15, -0.1) is 0 Å². The van der Waals surface area contributed by atoms with Crippen LogP contribution in [0.25, 0.3) is 10.8 Å². The van der Waals surface area contributed by atoms with E-state index in [0.717, 1.165) is 53.5 Å². The van der Waals surface area contributed by atoms with Crippen molar-refractivity contribution in [3.63, 3.8) is 0 Å². The van der Waals surface area contributed by atoms with Gasteiger partial charge in [0.05, 0.1) is 18.8 Å². The van der Waals surface area contributed by atoms with Crippen LogP contribution in [0.3, 0.4) is 0 Å². The van der Waals surface area contributed by atoms with E-state index in [9.17, 15) is 9.59 Å². The summed E-state index contributed by atoms with van der Waals surface area (Å²) in [5.41, 5.74) is 2.07. The molecular formula is C35H40O5. The van der Waals surface area contributed by atoms with Crippen molar-refractivity contribution in [2.45, 2.75) is 76.5 Å². The number of ether oxygens (including phenoxy) is 3. The Labute approximate surface area is 237 Å². The Morgan fingerprint density at radius 3 is 2.25 bits per heavy atom. The first-order valence-electron chi connectivity index (χ1n) is 15.2. The molecule has 4 aliphatic carbocycles. The van der Waals surface area contributed by atoms with Gasteiger partial charge < -0.3 is 14.2 Å². The Morgan fingerprint density at radius 1 is 0.825 bits per heavy atom. The quantitative estimate of drug-likeness (QED) is 0.140. The van der Waals surface area contributed by atoms with Crippen molar-refractivity contribution in [1.82, 2.24) is 0 Å². The van der Waals surface area contributed by atoms with Crippen molar-refractivity contribution in [1.29, 1.82) is 0 Å². The molecule has 5 heteroatoms. The van der Waals surface area contributed by atoms with E-state index in [0.29, 0.717) is 30.9 Å². The Bertz CT molecular complexity index is 1330. The van der Waals surface area contributed by atoms with Crippen molar-refractivity contribution in [3.05, 3.63) is 71.8 Å². The molecule has 0 amide bonds. The summed E-state index contributed by atoms with van der Waals surface area (Å²) in [4.78, 5) is 24.3. The summed E-state index contributed by atoms with van der Waals surface area (Å²) in [7, 11) is 0. The number of benzene rings is 3. The summed E-state index contributed by atoms with van der Waals surface area (Å²) in [6.45, 7) is 2.92. The fraction of sp³-hybridized carbons (Fsp3) is 0.486. The van der Waals surface area contributed by atoms with E-state index in [-0.39, 0.29) is 17.4 Å². The first kappa shape index (κ1) is 26.9. The molecule has 3 aromatic rings.